The third kappa shape index (κ3) is 5.07. The molecule has 0 radical (unpaired) electrons. The van der Waals surface area contributed by atoms with E-state index in [0.717, 1.165) is 61.0 Å². The fourth-order valence-corrected chi connectivity index (χ4v) is 5.98. The molecule has 0 aliphatic carbocycles. The van der Waals surface area contributed by atoms with Gasteiger partial charge in [0.05, 0.1) is 18.7 Å². The molecular formula is C28H33N3O3S. The summed E-state index contributed by atoms with van der Waals surface area (Å²) >= 11 is 1.61. The van der Waals surface area contributed by atoms with Gasteiger partial charge in [0.15, 0.2) is 5.13 Å². The van der Waals surface area contributed by atoms with Crippen molar-refractivity contribution in [1.29, 1.82) is 0 Å². The van der Waals surface area contributed by atoms with Gasteiger partial charge in [0, 0.05) is 24.0 Å². The highest BCUT2D eigenvalue weighted by Crippen LogP contribution is 2.36. The minimum absolute atomic E-state index is 0.0786. The van der Waals surface area contributed by atoms with E-state index in [0.29, 0.717) is 13.2 Å². The molecule has 35 heavy (non-hydrogen) atoms. The summed E-state index contributed by atoms with van der Waals surface area (Å²) < 4.78 is 11.3. The van der Waals surface area contributed by atoms with E-state index in [9.17, 15) is 4.79 Å². The van der Waals surface area contributed by atoms with E-state index in [1.165, 1.54) is 34.9 Å². The van der Waals surface area contributed by atoms with Crippen molar-refractivity contribution in [2.75, 3.05) is 38.2 Å². The van der Waals surface area contributed by atoms with Gasteiger partial charge in [0.2, 0.25) is 0 Å². The van der Waals surface area contributed by atoms with Gasteiger partial charge in [-0.1, -0.05) is 23.8 Å². The van der Waals surface area contributed by atoms with E-state index in [-0.39, 0.29) is 11.9 Å². The largest absolute Gasteiger partial charge is 0.488 e. The molecule has 2 aliphatic rings. The van der Waals surface area contributed by atoms with Crippen LogP contribution in [0.4, 0.5) is 5.13 Å². The Bertz CT molecular complexity index is 1220. The van der Waals surface area contributed by atoms with Crippen LogP contribution in [0.1, 0.15) is 34.2 Å². The number of rotatable bonds is 6. The smallest absolute Gasteiger partial charge is 0.310 e. The second-order valence-electron chi connectivity index (χ2n) is 9.50. The van der Waals surface area contributed by atoms with Crippen LogP contribution in [0, 0.1) is 19.8 Å². The van der Waals surface area contributed by atoms with Crippen LogP contribution in [-0.2, 0) is 29.0 Å². The molecule has 0 spiro atoms. The Morgan fingerprint density at radius 3 is 2.91 bits per heavy atom. The van der Waals surface area contributed by atoms with Crippen molar-refractivity contribution < 1.29 is 14.3 Å². The van der Waals surface area contributed by atoms with Gasteiger partial charge in [0.25, 0.3) is 0 Å². The highest BCUT2D eigenvalue weighted by Gasteiger charge is 2.30. The molecule has 5 rings (SSSR count). The number of aromatic nitrogens is 1. The van der Waals surface area contributed by atoms with Crippen LogP contribution in [0.3, 0.4) is 0 Å². The first-order valence-corrected chi connectivity index (χ1v) is 13.2. The lowest BCUT2D eigenvalue weighted by Crippen LogP contribution is -2.23. The lowest BCUT2D eigenvalue weighted by Gasteiger charge is -2.16. The van der Waals surface area contributed by atoms with Gasteiger partial charge in [0.1, 0.15) is 12.4 Å². The van der Waals surface area contributed by atoms with Crippen LogP contribution in [-0.4, -0.2) is 44.2 Å². The molecule has 3 aromatic rings. The molecule has 184 valence electrons. The molecule has 1 fully saturated rings. The molecular weight excluding hydrogens is 458 g/mol. The van der Waals surface area contributed by atoms with Crippen LogP contribution in [0.15, 0.2) is 35.7 Å². The van der Waals surface area contributed by atoms with E-state index in [1.54, 1.807) is 11.3 Å². The standard InChI is InChI=1S/C28H33N3O3S/c1-18-4-7-26(34-16-22-6-5-20-8-11-29-12-9-23(20)19(22)2)24(14-18)25-17-35-28(30-25)31-13-10-21(15-31)27(32)33-3/h4-7,14,17,21,29H,8-13,15-16H2,1-3H3. The van der Waals surface area contributed by atoms with Crippen molar-refractivity contribution in [3.63, 3.8) is 0 Å². The zero-order valence-electron chi connectivity index (χ0n) is 20.7. The quantitative estimate of drug-likeness (QED) is 0.505. The van der Waals surface area contributed by atoms with E-state index in [1.807, 2.05) is 0 Å². The first-order valence-electron chi connectivity index (χ1n) is 12.4. The van der Waals surface area contributed by atoms with Gasteiger partial charge in [-0.05, 0) is 80.6 Å². The number of carbonyl (C=O) groups excluding carboxylic acids is 1. The summed E-state index contributed by atoms with van der Waals surface area (Å²) in [6.45, 7) is 8.40. The highest BCUT2D eigenvalue weighted by atomic mass is 32.1. The molecule has 1 aromatic heterocycles. The Kier molecular flexibility index (Phi) is 7.07. The van der Waals surface area contributed by atoms with Crippen molar-refractivity contribution in [3.05, 3.63) is 63.5 Å². The molecule has 2 aromatic carbocycles. The molecule has 1 N–H and O–H groups in total. The van der Waals surface area contributed by atoms with Gasteiger partial charge >= 0.3 is 5.97 Å². The summed E-state index contributed by atoms with van der Waals surface area (Å²) in [6, 6.07) is 10.8. The molecule has 7 heteroatoms. The van der Waals surface area contributed by atoms with Gasteiger partial charge in [-0.3, -0.25) is 4.79 Å². The number of carbonyl (C=O) groups is 1. The maximum Gasteiger partial charge on any atom is 0.310 e. The van der Waals surface area contributed by atoms with Gasteiger partial charge in [-0.2, -0.15) is 0 Å². The summed E-state index contributed by atoms with van der Waals surface area (Å²) in [4.78, 5) is 19.0. The number of nitrogens with one attached hydrogen (secondary N) is 1. The number of methoxy groups -OCH3 is 1. The number of anilines is 1. The third-order valence-corrected chi connectivity index (χ3v) is 8.11. The second kappa shape index (κ2) is 10.4. The molecule has 1 atom stereocenters. The summed E-state index contributed by atoms with van der Waals surface area (Å²) in [5, 5.41) is 6.52. The summed E-state index contributed by atoms with van der Waals surface area (Å²) in [5.41, 5.74) is 8.61. The Balaban J connectivity index is 1.35. The van der Waals surface area contributed by atoms with Crippen LogP contribution >= 0.6 is 11.3 Å². The van der Waals surface area contributed by atoms with Crippen LogP contribution in [0.2, 0.25) is 0 Å². The summed E-state index contributed by atoms with van der Waals surface area (Å²) in [6.07, 6.45) is 2.96. The lowest BCUT2D eigenvalue weighted by atomic mass is 9.94. The topological polar surface area (TPSA) is 63.7 Å². The number of fused-ring (bicyclic) bond motifs is 1. The first kappa shape index (κ1) is 23.8. The van der Waals surface area contributed by atoms with Crippen molar-refractivity contribution in [2.45, 2.75) is 39.7 Å². The minimum Gasteiger partial charge on any atom is -0.488 e. The molecule has 0 saturated carbocycles. The highest BCUT2D eigenvalue weighted by molar-refractivity contribution is 7.14. The molecule has 1 saturated heterocycles. The molecule has 3 heterocycles. The zero-order chi connectivity index (χ0) is 24.4. The van der Waals surface area contributed by atoms with E-state index in [4.69, 9.17) is 14.5 Å². The molecule has 0 bridgehead atoms. The van der Waals surface area contributed by atoms with E-state index < -0.39 is 0 Å². The number of nitrogens with zero attached hydrogens (tertiary/aromatic N) is 2. The van der Waals surface area contributed by atoms with Gasteiger partial charge in [-0.15, -0.1) is 11.3 Å². The predicted molar refractivity (Wildman–Crippen MR) is 140 cm³/mol. The number of benzene rings is 2. The number of hydrogen-bond donors (Lipinski definition) is 1. The van der Waals surface area contributed by atoms with Crippen LogP contribution < -0.4 is 15.0 Å². The molecule has 2 aliphatic heterocycles. The number of hydrogen-bond acceptors (Lipinski definition) is 7. The minimum atomic E-state index is -0.136. The third-order valence-electron chi connectivity index (χ3n) is 7.21. The zero-order valence-corrected chi connectivity index (χ0v) is 21.5. The fraction of sp³-hybridized carbons (Fsp3) is 0.429. The Hall–Kier alpha value is -2.90. The van der Waals surface area contributed by atoms with Crippen molar-refractivity contribution in [2.24, 2.45) is 5.92 Å². The van der Waals surface area contributed by atoms with E-state index >= 15 is 0 Å². The fourth-order valence-electron chi connectivity index (χ4n) is 5.11. The maximum atomic E-state index is 11.9. The van der Waals surface area contributed by atoms with Crippen LogP contribution in [0.25, 0.3) is 11.3 Å². The summed E-state index contributed by atoms with van der Waals surface area (Å²) in [7, 11) is 1.45. The van der Waals surface area contributed by atoms with Gasteiger partial charge in [-0.25, -0.2) is 4.98 Å². The van der Waals surface area contributed by atoms with Crippen LogP contribution in [0.5, 0.6) is 5.75 Å². The monoisotopic (exact) mass is 491 g/mol. The Morgan fingerprint density at radius 1 is 1.20 bits per heavy atom. The van der Waals surface area contributed by atoms with Crippen molar-refractivity contribution >= 4 is 22.4 Å². The normalized spacial score (nSPS) is 17.7. The number of thiazole rings is 1. The number of esters is 1. The Labute approximate surface area is 211 Å². The average molecular weight is 492 g/mol. The lowest BCUT2D eigenvalue weighted by molar-refractivity contribution is -0.144. The Morgan fingerprint density at radius 2 is 2.06 bits per heavy atom. The molecule has 0 amide bonds. The average Bonchev–Trinajstić information content (AvgIpc) is 3.49. The van der Waals surface area contributed by atoms with E-state index in [2.05, 4.69) is 59.8 Å². The SMILES string of the molecule is COC(=O)C1CCN(c2nc(-c3cc(C)ccc3OCc3ccc4c(c3C)CCNCC4)cs2)C1. The van der Waals surface area contributed by atoms with Crippen molar-refractivity contribution in [3.8, 4) is 17.0 Å². The van der Waals surface area contributed by atoms with Gasteiger partial charge < -0.3 is 19.7 Å². The van der Waals surface area contributed by atoms with Crippen molar-refractivity contribution in [1.82, 2.24) is 10.3 Å². The first-order chi connectivity index (χ1) is 17.0. The number of aryl methyl sites for hydroxylation is 1. The molecule has 6 nitrogen and oxygen atoms in total. The number of ether oxygens (including phenoxy) is 2. The summed E-state index contributed by atoms with van der Waals surface area (Å²) in [5.74, 6) is 0.630. The maximum absolute atomic E-state index is 11.9. The predicted octanol–water partition coefficient (Wildman–Crippen LogP) is 4.69. The molecule has 1 unspecified atom stereocenters. The second-order valence-corrected chi connectivity index (χ2v) is 10.3.